The van der Waals surface area contributed by atoms with Crippen molar-refractivity contribution in [3.8, 4) is 0 Å². The van der Waals surface area contributed by atoms with Gasteiger partial charge in [-0.05, 0) is 26.8 Å². The summed E-state index contributed by atoms with van der Waals surface area (Å²) in [4.78, 5) is 28.4. The van der Waals surface area contributed by atoms with Gasteiger partial charge in [-0.25, -0.2) is 4.79 Å². The average molecular weight is 353 g/mol. The van der Waals surface area contributed by atoms with Crippen LogP contribution in [-0.2, 0) is 4.74 Å². The molecular formula is C15H19N3O3S2. The van der Waals surface area contributed by atoms with Crippen molar-refractivity contribution >= 4 is 40.2 Å². The number of nitrogens with one attached hydrogen (secondary N) is 2. The van der Waals surface area contributed by atoms with E-state index in [1.807, 2.05) is 0 Å². The maximum Gasteiger partial charge on any atom is 0.339 e. The molecule has 124 valence electrons. The largest absolute Gasteiger partial charge is 0.462 e. The molecule has 1 heterocycles. The normalized spacial score (nSPS) is 9.87. The number of hydrogen-bond donors (Lipinski definition) is 2. The number of hydrazine groups is 1. The van der Waals surface area contributed by atoms with Crippen molar-refractivity contribution in [2.24, 2.45) is 0 Å². The molecule has 0 radical (unpaired) electrons. The van der Waals surface area contributed by atoms with E-state index in [1.165, 1.54) is 17.8 Å². The summed E-state index contributed by atoms with van der Waals surface area (Å²) in [6, 6.07) is 1.48. The number of thioether (sulfide) groups is 1. The Balaban J connectivity index is 2.87. The molecule has 1 rings (SSSR count). The highest BCUT2D eigenvalue weighted by molar-refractivity contribution is 8.23. The lowest BCUT2D eigenvalue weighted by Gasteiger charge is -2.12. The Labute approximate surface area is 145 Å². The number of rotatable bonds is 5. The molecule has 8 heteroatoms. The van der Waals surface area contributed by atoms with Crippen molar-refractivity contribution in [1.29, 1.82) is 0 Å². The minimum absolute atomic E-state index is 0.254. The first-order valence-corrected chi connectivity index (χ1v) is 8.29. The van der Waals surface area contributed by atoms with E-state index in [0.717, 1.165) is 0 Å². The van der Waals surface area contributed by atoms with Crippen LogP contribution >= 0.6 is 24.0 Å². The van der Waals surface area contributed by atoms with Gasteiger partial charge in [-0.2, -0.15) is 0 Å². The van der Waals surface area contributed by atoms with Crippen LogP contribution in [0.4, 0.5) is 0 Å². The Hall–Kier alpha value is -1.93. The van der Waals surface area contributed by atoms with E-state index >= 15 is 0 Å². The molecule has 0 spiro atoms. The van der Waals surface area contributed by atoms with Gasteiger partial charge in [0.15, 0.2) is 4.32 Å². The number of carbonyl (C=O) groups excluding carboxylic acids is 2. The monoisotopic (exact) mass is 353 g/mol. The van der Waals surface area contributed by atoms with Gasteiger partial charge < -0.3 is 4.74 Å². The van der Waals surface area contributed by atoms with Crippen LogP contribution in [0.1, 0.15) is 39.0 Å². The van der Waals surface area contributed by atoms with E-state index in [2.05, 4.69) is 22.4 Å². The summed E-state index contributed by atoms with van der Waals surface area (Å²) < 4.78 is 5.38. The second kappa shape index (κ2) is 9.26. The van der Waals surface area contributed by atoms with Gasteiger partial charge >= 0.3 is 5.97 Å². The van der Waals surface area contributed by atoms with Crippen LogP contribution in [0.3, 0.4) is 0 Å². The highest BCUT2D eigenvalue weighted by atomic mass is 32.2. The Kier molecular flexibility index (Phi) is 7.70. The number of pyridine rings is 1. The van der Waals surface area contributed by atoms with Crippen LogP contribution in [-0.4, -0.2) is 33.5 Å². The van der Waals surface area contributed by atoms with Gasteiger partial charge in [0.1, 0.15) is 0 Å². The first-order valence-electron chi connectivity index (χ1n) is 6.90. The van der Waals surface area contributed by atoms with Gasteiger partial charge in [-0.1, -0.05) is 30.1 Å². The number of esters is 1. The Morgan fingerprint density at radius 3 is 2.61 bits per heavy atom. The fraction of sp³-hybridized carbons (Fsp3) is 0.333. The van der Waals surface area contributed by atoms with Crippen molar-refractivity contribution in [1.82, 2.24) is 15.8 Å². The second-order valence-electron chi connectivity index (χ2n) is 4.44. The SMILES string of the molecule is C=CCSC(=S)NNC(=O)c1cc(C(=O)OCC)c(C)nc1C. The molecular weight excluding hydrogens is 334 g/mol. The number of thiocarbonyl (C=S) groups is 1. The standard InChI is InChI=1S/C15H19N3O3S2/c1-5-7-23-15(22)18-17-13(19)11-8-12(14(20)21-6-2)10(4)16-9(11)3/h5,8H,1,6-7H2,2-4H3,(H,17,19)(H,18,22). The number of hydrogen-bond acceptors (Lipinski definition) is 6. The fourth-order valence-electron chi connectivity index (χ4n) is 1.72. The average Bonchev–Trinajstić information content (AvgIpc) is 2.50. The highest BCUT2D eigenvalue weighted by Crippen LogP contribution is 2.14. The van der Waals surface area contributed by atoms with Crippen LogP contribution in [0, 0.1) is 13.8 Å². The van der Waals surface area contributed by atoms with Gasteiger partial charge in [0, 0.05) is 5.75 Å². The number of ether oxygens (including phenoxy) is 1. The van der Waals surface area contributed by atoms with Gasteiger partial charge in [0.25, 0.3) is 5.91 Å². The van der Waals surface area contributed by atoms with Crippen LogP contribution < -0.4 is 10.9 Å². The third kappa shape index (κ3) is 5.65. The first kappa shape index (κ1) is 19.1. The number of nitrogens with zero attached hydrogens (tertiary/aromatic N) is 1. The predicted octanol–water partition coefficient (Wildman–Crippen LogP) is 2.31. The molecule has 6 nitrogen and oxygen atoms in total. The molecule has 2 N–H and O–H groups in total. The third-order valence-corrected chi connectivity index (χ3v) is 3.98. The molecule has 0 saturated carbocycles. The lowest BCUT2D eigenvalue weighted by atomic mass is 10.1. The van der Waals surface area contributed by atoms with E-state index in [4.69, 9.17) is 17.0 Å². The first-order chi connectivity index (χ1) is 10.9. The molecule has 1 aromatic heterocycles. The molecule has 0 atom stereocenters. The summed E-state index contributed by atoms with van der Waals surface area (Å²) in [7, 11) is 0. The third-order valence-electron chi connectivity index (χ3n) is 2.75. The number of aromatic nitrogens is 1. The lowest BCUT2D eigenvalue weighted by Crippen LogP contribution is -2.40. The molecule has 0 fully saturated rings. The molecule has 0 unspecified atom stereocenters. The smallest absolute Gasteiger partial charge is 0.339 e. The molecule has 1 amide bonds. The molecule has 1 aromatic rings. The second-order valence-corrected chi connectivity index (χ2v) is 6.14. The number of amides is 1. The quantitative estimate of drug-likeness (QED) is 0.364. The molecule has 23 heavy (non-hydrogen) atoms. The molecule has 0 saturated heterocycles. The van der Waals surface area contributed by atoms with E-state index in [-0.39, 0.29) is 17.7 Å². The van der Waals surface area contributed by atoms with Crippen LogP contribution in [0.2, 0.25) is 0 Å². The number of aryl methyl sites for hydroxylation is 2. The molecule has 0 aliphatic rings. The zero-order valence-electron chi connectivity index (χ0n) is 13.3. The highest BCUT2D eigenvalue weighted by Gasteiger charge is 2.18. The van der Waals surface area contributed by atoms with Crippen molar-refractivity contribution in [3.05, 3.63) is 41.2 Å². The molecule has 0 bridgehead atoms. The summed E-state index contributed by atoms with van der Waals surface area (Å²) in [6.45, 7) is 8.95. The van der Waals surface area contributed by atoms with Crippen molar-refractivity contribution in [2.75, 3.05) is 12.4 Å². The zero-order valence-corrected chi connectivity index (χ0v) is 14.9. The topological polar surface area (TPSA) is 80.3 Å². The van der Waals surface area contributed by atoms with Gasteiger partial charge in [-0.3, -0.25) is 20.6 Å². The van der Waals surface area contributed by atoms with Crippen molar-refractivity contribution in [2.45, 2.75) is 20.8 Å². The Morgan fingerprint density at radius 2 is 2.00 bits per heavy atom. The van der Waals surface area contributed by atoms with Crippen LogP contribution in [0.15, 0.2) is 18.7 Å². The maximum absolute atomic E-state index is 12.2. The summed E-state index contributed by atoms with van der Waals surface area (Å²) >= 11 is 6.38. The Morgan fingerprint density at radius 1 is 1.35 bits per heavy atom. The molecule has 0 aliphatic carbocycles. The van der Waals surface area contributed by atoms with E-state index in [1.54, 1.807) is 26.8 Å². The predicted molar refractivity (Wildman–Crippen MR) is 95.5 cm³/mol. The summed E-state index contributed by atoms with van der Waals surface area (Å²) in [5.41, 5.74) is 6.70. The minimum atomic E-state index is -0.503. The zero-order chi connectivity index (χ0) is 17.4. The van der Waals surface area contributed by atoms with Crippen molar-refractivity contribution in [3.63, 3.8) is 0 Å². The summed E-state index contributed by atoms with van der Waals surface area (Å²) in [5.74, 6) is -0.293. The molecule has 0 aromatic carbocycles. The van der Waals surface area contributed by atoms with Crippen LogP contribution in [0.5, 0.6) is 0 Å². The lowest BCUT2D eigenvalue weighted by molar-refractivity contribution is 0.0525. The minimum Gasteiger partial charge on any atom is -0.462 e. The van der Waals surface area contributed by atoms with Gasteiger partial charge in [0.2, 0.25) is 0 Å². The molecule has 0 aliphatic heterocycles. The summed E-state index contributed by atoms with van der Waals surface area (Å²) in [6.07, 6.45) is 1.71. The van der Waals surface area contributed by atoms with E-state index < -0.39 is 11.9 Å². The van der Waals surface area contributed by atoms with Crippen LogP contribution in [0.25, 0.3) is 0 Å². The Bertz CT molecular complexity index is 633. The van der Waals surface area contributed by atoms with Gasteiger partial charge in [-0.15, -0.1) is 6.58 Å². The summed E-state index contributed by atoms with van der Waals surface area (Å²) in [5, 5.41) is 0. The van der Waals surface area contributed by atoms with E-state index in [9.17, 15) is 9.59 Å². The van der Waals surface area contributed by atoms with Crippen molar-refractivity contribution < 1.29 is 14.3 Å². The maximum atomic E-state index is 12.2. The fourth-order valence-corrected chi connectivity index (χ4v) is 2.36. The number of carbonyl (C=O) groups is 2. The van der Waals surface area contributed by atoms with E-state index in [0.29, 0.717) is 21.5 Å². The van der Waals surface area contributed by atoms with Gasteiger partial charge in [0.05, 0.1) is 29.1 Å².